The lowest BCUT2D eigenvalue weighted by molar-refractivity contribution is 0.323. The normalized spacial score (nSPS) is 13.7. The predicted molar refractivity (Wildman–Crippen MR) is 76.4 cm³/mol. The van der Waals surface area contributed by atoms with Crippen LogP contribution < -0.4 is 5.73 Å². The van der Waals surface area contributed by atoms with E-state index in [9.17, 15) is 0 Å². The minimum Gasteiger partial charge on any atom is -0.330 e. The maximum atomic E-state index is 5.88. The van der Waals surface area contributed by atoms with E-state index < -0.39 is 0 Å². The topological polar surface area (TPSA) is 26.0 Å². The lowest BCUT2D eigenvalue weighted by Crippen LogP contribution is -2.19. The van der Waals surface area contributed by atoms with Crippen LogP contribution in [0.1, 0.15) is 39.2 Å². The summed E-state index contributed by atoms with van der Waals surface area (Å²) >= 11 is 5.88. The summed E-state index contributed by atoms with van der Waals surface area (Å²) in [7, 11) is 0. The molecule has 1 aromatic rings. The number of hydrogen-bond donors (Lipinski definition) is 1. The highest BCUT2D eigenvalue weighted by Gasteiger charge is 2.14. The fourth-order valence-electron chi connectivity index (χ4n) is 1.89. The van der Waals surface area contributed by atoms with Crippen molar-refractivity contribution < 1.29 is 0 Å². The van der Waals surface area contributed by atoms with Gasteiger partial charge in [-0.15, -0.1) is 0 Å². The Balaban J connectivity index is 2.49. The summed E-state index contributed by atoms with van der Waals surface area (Å²) in [5, 5.41) is 0.799. The van der Waals surface area contributed by atoms with Crippen molar-refractivity contribution in [1.82, 2.24) is 0 Å². The Kier molecular flexibility index (Phi) is 5.48. The van der Waals surface area contributed by atoms with E-state index in [0.29, 0.717) is 11.3 Å². The molecule has 1 unspecified atom stereocenters. The van der Waals surface area contributed by atoms with Gasteiger partial charge in [-0.1, -0.05) is 44.5 Å². The summed E-state index contributed by atoms with van der Waals surface area (Å²) in [5.41, 5.74) is 7.58. The number of halogens is 1. The van der Waals surface area contributed by atoms with Gasteiger partial charge in [-0.05, 0) is 54.8 Å². The Labute approximate surface area is 110 Å². The molecule has 0 fully saturated rings. The summed E-state index contributed by atoms with van der Waals surface area (Å²) in [6.45, 7) is 7.60. The lowest BCUT2D eigenvalue weighted by Gasteiger charge is -2.22. The number of nitrogens with two attached hydrogens (primary N) is 1. The zero-order valence-corrected chi connectivity index (χ0v) is 11.9. The Hall–Kier alpha value is -0.530. The molecule has 0 aliphatic carbocycles. The quantitative estimate of drug-likeness (QED) is 0.833. The van der Waals surface area contributed by atoms with Crippen molar-refractivity contribution in [1.29, 1.82) is 0 Å². The largest absolute Gasteiger partial charge is 0.330 e. The second-order valence-electron chi connectivity index (χ2n) is 6.03. The van der Waals surface area contributed by atoms with Gasteiger partial charge in [-0.3, -0.25) is 0 Å². The van der Waals surface area contributed by atoms with Gasteiger partial charge >= 0.3 is 0 Å². The third-order valence-corrected chi connectivity index (χ3v) is 3.33. The molecular formula is C15H24ClN. The minimum absolute atomic E-state index is 0.396. The second-order valence-corrected chi connectivity index (χ2v) is 6.47. The SMILES string of the molecule is CC(C)(C)CCC(CN)Cc1ccc(Cl)cc1. The highest BCUT2D eigenvalue weighted by molar-refractivity contribution is 6.30. The first-order valence-corrected chi connectivity index (χ1v) is 6.73. The highest BCUT2D eigenvalue weighted by Crippen LogP contribution is 2.25. The van der Waals surface area contributed by atoms with E-state index in [1.165, 1.54) is 18.4 Å². The third kappa shape index (κ3) is 6.09. The number of hydrogen-bond acceptors (Lipinski definition) is 1. The van der Waals surface area contributed by atoms with Crippen molar-refractivity contribution in [2.45, 2.75) is 40.0 Å². The van der Waals surface area contributed by atoms with E-state index >= 15 is 0 Å². The van der Waals surface area contributed by atoms with Gasteiger partial charge in [0.15, 0.2) is 0 Å². The van der Waals surface area contributed by atoms with Crippen LogP contribution in [0, 0.1) is 11.3 Å². The maximum absolute atomic E-state index is 5.88. The zero-order chi connectivity index (χ0) is 12.9. The molecule has 1 rings (SSSR count). The van der Waals surface area contributed by atoms with Crippen LogP contribution in [0.4, 0.5) is 0 Å². The molecule has 1 nitrogen and oxygen atoms in total. The Morgan fingerprint density at radius 1 is 1.18 bits per heavy atom. The molecule has 0 saturated carbocycles. The molecule has 0 aromatic heterocycles. The molecule has 0 heterocycles. The summed E-state index contributed by atoms with van der Waals surface area (Å²) in [5.74, 6) is 0.579. The monoisotopic (exact) mass is 253 g/mol. The summed E-state index contributed by atoms with van der Waals surface area (Å²) in [4.78, 5) is 0. The lowest BCUT2D eigenvalue weighted by atomic mass is 9.85. The molecular weight excluding hydrogens is 230 g/mol. The van der Waals surface area contributed by atoms with Gasteiger partial charge in [0.2, 0.25) is 0 Å². The number of rotatable bonds is 5. The second kappa shape index (κ2) is 6.42. The minimum atomic E-state index is 0.396. The highest BCUT2D eigenvalue weighted by atomic mass is 35.5. The molecule has 1 aromatic carbocycles. The third-order valence-electron chi connectivity index (χ3n) is 3.07. The van der Waals surface area contributed by atoms with Gasteiger partial charge < -0.3 is 5.73 Å². The van der Waals surface area contributed by atoms with Gasteiger partial charge in [0.1, 0.15) is 0 Å². The molecule has 0 radical (unpaired) electrons. The molecule has 0 spiro atoms. The van der Waals surface area contributed by atoms with E-state index in [-0.39, 0.29) is 0 Å². The first-order valence-electron chi connectivity index (χ1n) is 6.35. The zero-order valence-electron chi connectivity index (χ0n) is 11.2. The first-order chi connectivity index (χ1) is 7.90. The van der Waals surface area contributed by atoms with Crippen LogP contribution >= 0.6 is 11.6 Å². The van der Waals surface area contributed by atoms with Crippen molar-refractivity contribution in [3.05, 3.63) is 34.9 Å². The van der Waals surface area contributed by atoms with Crippen LogP contribution in [-0.4, -0.2) is 6.54 Å². The standard InChI is InChI=1S/C15H24ClN/c1-15(2,3)9-8-13(11-17)10-12-4-6-14(16)7-5-12/h4-7,13H,8-11,17H2,1-3H3. The predicted octanol–water partition coefficient (Wildman–Crippen LogP) is 4.28. The molecule has 0 aliphatic rings. The summed E-state index contributed by atoms with van der Waals surface area (Å²) in [6.07, 6.45) is 3.48. The van der Waals surface area contributed by atoms with E-state index in [2.05, 4.69) is 32.9 Å². The van der Waals surface area contributed by atoms with Crippen molar-refractivity contribution in [3.63, 3.8) is 0 Å². The van der Waals surface area contributed by atoms with Gasteiger partial charge in [-0.2, -0.15) is 0 Å². The smallest absolute Gasteiger partial charge is 0.0406 e. The van der Waals surface area contributed by atoms with Crippen LogP contribution in [0.15, 0.2) is 24.3 Å². The van der Waals surface area contributed by atoms with Gasteiger partial charge in [0.05, 0.1) is 0 Å². The van der Waals surface area contributed by atoms with Crippen LogP contribution in [0.3, 0.4) is 0 Å². The Bertz CT molecular complexity index is 324. The van der Waals surface area contributed by atoms with E-state index in [1.807, 2.05) is 12.1 Å². The molecule has 2 N–H and O–H groups in total. The summed E-state index contributed by atoms with van der Waals surface area (Å²) in [6, 6.07) is 8.10. The molecule has 0 amide bonds. The van der Waals surface area contributed by atoms with Crippen molar-refractivity contribution >= 4 is 11.6 Å². The van der Waals surface area contributed by atoms with Crippen LogP contribution in [0.25, 0.3) is 0 Å². The summed E-state index contributed by atoms with van der Waals surface area (Å²) < 4.78 is 0. The average Bonchev–Trinajstić information content (AvgIpc) is 2.25. The maximum Gasteiger partial charge on any atom is 0.0406 e. The van der Waals surface area contributed by atoms with Crippen LogP contribution in [0.2, 0.25) is 5.02 Å². The fraction of sp³-hybridized carbons (Fsp3) is 0.600. The molecule has 0 saturated heterocycles. The molecule has 0 bridgehead atoms. The van der Waals surface area contributed by atoms with Gasteiger partial charge in [-0.25, -0.2) is 0 Å². The molecule has 1 atom stereocenters. The molecule has 96 valence electrons. The molecule has 17 heavy (non-hydrogen) atoms. The van der Waals surface area contributed by atoms with Crippen LogP contribution in [-0.2, 0) is 6.42 Å². The van der Waals surface area contributed by atoms with E-state index in [0.717, 1.165) is 18.0 Å². The molecule has 0 aliphatic heterocycles. The molecule has 2 heteroatoms. The first kappa shape index (κ1) is 14.5. The Morgan fingerprint density at radius 2 is 1.76 bits per heavy atom. The fourth-order valence-corrected chi connectivity index (χ4v) is 2.02. The number of benzene rings is 1. The average molecular weight is 254 g/mol. The van der Waals surface area contributed by atoms with Crippen LogP contribution in [0.5, 0.6) is 0 Å². The Morgan fingerprint density at radius 3 is 2.24 bits per heavy atom. The van der Waals surface area contributed by atoms with Crippen molar-refractivity contribution in [2.75, 3.05) is 6.54 Å². The van der Waals surface area contributed by atoms with Crippen molar-refractivity contribution in [3.8, 4) is 0 Å². The van der Waals surface area contributed by atoms with E-state index in [4.69, 9.17) is 17.3 Å². The van der Waals surface area contributed by atoms with Gasteiger partial charge in [0.25, 0.3) is 0 Å². The van der Waals surface area contributed by atoms with E-state index in [1.54, 1.807) is 0 Å². The van der Waals surface area contributed by atoms with Crippen molar-refractivity contribution in [2.24, 2.45) is 17.1 Å². The van der Waals surface area contributed by atoms with Gasteiger partial charge in [0, 0.05) is 5.02 Å².